The van der Waals surface area contributed by atoms with Crippen LogP contribution in [0.3, 0.4) is 0 Å². The van der Waals surface area contributed by atoms with Gasteiger partial charge in [-0.3, -0.25) is 9.36 Å². The van der Waals surface area contributed by atoms with Crippen molar-refractivity contribution in [3.63, 3.8) is 0 Å². The van der Waals surface area contributed by atoms with Crippen molar-refractivity contribution in [2.24, 2.45) is 0 Å². The Bertz CT molecular complexity index is 1170. The molecule has 1 aliphatic heterocycles. The lowest BCUT2D eigenvalue weighted by atomic mass is 10.0. The standard InChI is InChI=1S/C21H14F4IN3O/c1-20(24,25)13-4-2-11(3-5-13)12-8-14(22)17(15(23)9-12)28-18(30)21(6-7-21)29-16(26)10-27-19(28)29/h2-5,8-10H,6-7H2,1H3. The van der Waals surface area contributed by atoms with E-state index in [1.165, 1.54) is 24.3 Å². The number of aromatic nitrogens is 2. The Morgan fingerprint density at radius 2 is 1.67 bits per heavy atom. The summed E-state index contributed by atoms with van der Waals surface area (Å²) in [4.78, 5) is 18.2. The van der Waals surface area contributed by atoms with E-state index in [-0.39, 0.29) is 17.1 Å². The highest BCUT2D eigenvalue weighted by Gasteiger charge is 2.61. The maximum atomic E-state index is 15.1. The highest BCUT2D eigenvalue weighted by atomic mass is 127. The lowest BCUT2D eigenvalue weighted by Gasteiger charge is -2.18. The van der Waals surface area contributed by atoms with Crippen molar-refractivity contribution in [2.75, 3.05) is 4.90 Å². The smallest absolute Gasteiger partial charge is 0.270 e. The molecule has 0 radical (unpaired) electrons. The zero-order valence-corrected chi connectivity index (χ0v) is 17.8. The molecule has 3 aromatic rings. The van der Waals surface area contributed by atoms with Crippen molar-refractivity contribution in [2.45, 2.75) is 31.2 Å². The van der Waals surface area contributed by atoms with Crippen molar-refractivity contribution < 1.29 is 22.4 Å². The first kappa shape index (κ1) is 19.5. The monoisotopic (exact) mass is 527 g/mol. The minimum atomic E-state index is -3.01. The van der Waals surface area contributed by atoms with E-state index in [0.29, 0.717) is 18.4 Å². The molecule has 1 fully saturated rings. The number of alkyl halides is 2. The van der Waals surface area contributed by atoms with Crippen molar-refractivity contribution >= 4 is 40.1 Å². The van der Waals surface area contributed by atoms with Crippen LogP contribution >= 0.6 is 22.6 Å². The molecule has 0 saturated heterocycles. The Kier molecular flexibility index (Phi) is 4.09. The van der Waals surface area contributed by atoms with Gasteiger partial charge in [0.2, 0.25) is 5.95 Å². The molecule has 0 N–H and O–H groups in total. The molecule has 5 rings (SSSR count). The molecule has 1 spiro atoms. The zero-order chi connectivity index (χ0) is 21.4. The number of halogens is 5. The number of imidazole rings is 1. The summed E-state index contributed by atoms with van der Waals surface area (Å²) >= 11 is 2.04. The summed E-state index contributed by atoms with van der Waals surface area (Å²) in [5, 5.41) is 0. The molecule has 1 aliphatic carbocycles. The third kappa shape index (κ3) is 2.70. The second kappa shape index (κ2) is 6.29. The topological polar surface area (TPSA) is 38.1 Å². The van der Waals surface area contributed by atoms with Crippen LogP contribution in [0.25, 0.3) is 11.1 Å². The Hall–Kier alpha value is -2.43. The van der Waals surface area contributed by atoms with E-state index in [1.54, 1.807) is 10.8 Å². The number of amides is 1. The van der Waals surface area contributed by atoms with Gasteiger partial charge in [0.15, 0.2) is 11.6 Å². The fraction of sp³-hybridized carbons (Fsp3) is 0.238. The summed E-state index contributed by atoms with van der Waals surface area (Å²) < 4.78 is 59.4. The number of carbonyl (C=O) groups is 1. The van der Waals surface area contributed by atoms with Crippen LogP contribution in [0.4, 0.5) is 29.2 Å². The molecule has 1 amide bonds. The van der Waals surface area contributed by atoms with Gasteiger partial charge in [-0.05, 0) is 58.7 Å². The van der Waals surface area contributed by atoms with Gasteiger partial charge < -0.3 is 0 Å². The Balaban J connectivity index is 1.57. The second-order valence-corrected chi connectivity index (χ2v) is 8.75. The summed E-state index contributed by atoms with van der Waals surface area (Å²) in [5.41, 5.74) is -0.906. The minimum absolute atomic E-state index is 0.186. The molecule has 1 aromatic heterocycles. The molecule has 2 aromatic carbocycles. The van der Waals surface area contributed by atoms with Crippen LogP contribution in [0.1, 0.15) is 25.3 Å². The van der Waals surface area contributed by atoms with E-state index in [0.717, 1.165) is 27.7 Å². The van der Waals surface area contributed by atoms with Gasteiger partial charge in [0, 0.05) is 12.5 Å². The van der Waals surface area contributed by atoms with Gasteiger partial charge in [0.25, 0.3) is 11.8 Å². The Morgan fingerprint density at radius 1 is 1.07 bits per heavy atom. The van der Waals surface area contributed by atoms with Crippen molar-refractivity contribution in [3.05, 3.63) is 63.5 Å². The van der Waals surface area contributed by atoms with Crippen molar-refractivity contribution in [1.82, 2.24) is 9.55 Å². The van der Waals surface area contributed by atoms with E-state index in [2.05, 4.69) is 4.98 Å². The summed E-state index contributed by atoms with van der Waals surface area (Å²) in [6.07, 6.45) is 2.75. The maximum Gasteiger partial charge on any atom is 0.270 e. The van der Waals surface area contributed by atoms with Gasteiger partial charge >= 0.3 is 0 Å². The number of nitrogens with zero attached hydrogens (tertiary/aromatic N) is 3. The number of carbonyl (C=O) groups excluding carboxylic acids is 1. The fourth-order valence-corrected chi connectivity index (χ4v) is 4.75. The van der Waals surface area contributed by atoms with Gasteiger partial charge in [-0.15, -0.1) is 0 Å². The third-order valence-electron chi connectivity index (χ3n) is 5.62. The molecule has 154 valence electrons. The minimum Gasteiger partial charge on any atom is -0.289 e. The van der Waals surface area contributed by atoms with Crippen LogP contribution in [-0.4, -0.2) is 15.5 Å². The first-order chi connectivity index (χ1) is 14.1. The average molecular weight is 527 g/mol. The number of benzene rings is 2. The molecule has 1 saturated carbocycles. The van der Waals surface area contributed by atoms with Crippen molar-refractivity contribution in [3.8, 4) is 11.1 Å². The summed E-state index contributed by atoms with van der Waals surface area (Å²) in [6.45, 7) is 0.779. The van der Waals surface area contributed by atoms with Crippen LogP contribution in [0.15, 0.2) is 42.6 Å². The van der Waals surface area contributed by atoms with Gasteiger partial charge in [-0.25, -0.2) is 27.4 Å². The largest absolute Gasteiger partial charge is 0.289 e. The van der Waals surface area contributed by atoms with Gasteiger partial charge in [0.1, 0.15) is 14.9 Å². The zero-order valence-electron chi connectivity index (χ0n) is 15.6. The molecule has 0 atom stereocenters. The van der Waals surface area contributed by atoms with Crippen LogP contribution < -0.4 is 4.90 Å². The maximum absolute atomic E-state index is 15.1. The quantitative estimate of drug-likeness (QED) is 0.323. The van der Waals surface area contributed by atoms with Crippen LogP contribution in [0, 0.1) is 15.3 Å². The molecular formula is C21H14F4IN3O. The molecular weight excluding hydrogens is 513 g/mol. The number of fused-ring (bicyclic) bond motifs is 2. The lowest BCUT2D eigenvalue weighted by Crippen LogP contribution is -2.31. The van der Waals surface area contributed by atoms with Gasteiger partial charge in [-0.1, -0.05) is 24.3 Å². The Morgan fingerprint density at radius 3 is 2.20 bits per heavy atom. The molecule has 2 aliphatic rings. The molecule has 0 unspecified atom stereocenters. The first-order valence-electron chi connectivity index (χ1n) is 9.19. The Labute approximate surface area is 182 Å². The third-order valence-corrected chi connectivity index (χ3v) is 6.38. The summed E-state index contributed by atoms with van der Waals surface area (Å²) in [5.74, 6) is -5.06. The van der Waals surface area contributed by atoms with Crippen molar-refractivity contribution in [1.29, 1.82) is 0 Å². The van der Waals surface area contributed by atoms with Gasteiger partial charge in [-0.2, -0.15) is 0 Å². The molecule has 2 heterocycles. The second-order valence-electron chi connectivity index (χ2n) is 7.64. The molecule has 0 bridgehead atoms. The van der Waals surface area contributed by atoms with E-state index in [1.807, 2.05) is 22.6 Å². The summed E-state index contributed by atoms with van der Waals surface area (Å²) in [7, 11) is 0. The average Bonchev–Trinajstić information content (AvgIpc) is 3.34. The van der Waals surface area contributed by atoms with E-state index < -0.39 is 34.7 Å². The normalized spacial score (nSPS) is 17.0. The van der Waals surface area contributed by atoms with E-state index >= 15 is 8.78 Å². The van der Waals surface area contributed by atoms with Crippen LogP contribution in [-0.2, 0) is 16.3 Å². The lowest BCUT2D eigenvalue weighted by molar-refractivity contribution is -0.120. The van der Waals surface area contributed by atoms with Crippen LogP contribution in [0.5, 0.6) is 0 Å². The molecule has 9 heteroatoms. The van der Waals surface area contributed by atoms with Crippen LogP contribution in [0.2, 0.25) is 0 Å². The predicted octanol–water partition coefficient (Wildman–Crippen LogP) is 5.71. The molecule has 30 heavy (non-hydrogen) atoms. The number of rotatable bonds is 3. The number of hydrogen-bond acceptors (Lipinski definition) is 2. The predicted molar refractivity (Wildman–Crippen MR) is 111 cm³/mol. The highest BCUT2D eigenvalue weighted by Crippen LogP contribution is 2.55. The summed E-state index contributed by atoms with van der Waals surface area (Å²) in [6, 6.07) is 7.41. The SMILES string of the molecule is CC(F)(F)c1ccc(-c2cc(F)c(N3C(=O)C4(CC4)n4c(I)cnc43)c(F)c2)cc1. The first-order valence-corrected chi connectivity index (χ1v) is 10.3. The number of anilines is 2. The van der Waals surface area contributed by atoms with E-state index in [9.17, 15) is 13.6 Å². The molecule has 4 nitrogen and oxygen atoms in total. The van der Waals surface area contributed by atoms with E-state index in [4.69, 9.17) is 0 Å². The fourth-order valence-electron chi connectivity index (χ4n) is 3.93. The number of hydrogen-bond donors (Lipinski definition) is 0. The highest BCUT2D eigenvalue weighted by molar-refractivity contribution is 14.1. The van der Waals surface area contributed by atoms with Gasteiger partial charge in [0.05, 0.1) is 6.20 Å².